The summed E-state index contributed by atoms with van der Waals surface area (Å²) in [4.78, 5) is 4.51. The van der Waals surface area contributed by atoms with Gasteiger partial charge in [0, 0.05) is 17.1 Å². The highest BCUT2D eigenvalue weighted by molar-refractivity contribution is 5.94. The fourth-order valence-electron chi connectivity index (χ4n) is 2.31. The second kappa shape index (κ2) is 6.20. The molecule has 0 aliphatic rings. The molecular weight excluding hydrogens is 264 g/mol. The first-order valence-electron chi connectivity index (χ1n) is 7.35. The number of pyridine rings is 1. The van der Waals surface area contributed by atoms with E-state index >= 15 is 0 Å². The maximum absolute atomic E-state index is 5.40. The molecule has 0 unspecified atom stereocenters. The van der Waals surface area contributed by atoms with Crippen molar-refractivity contribution in [3.63, 3.8) is 0 Å². The van der Waals surface area contributed by atoms with Gasteiger partial charge in [-0.3, -0.25) is 0 Å². The molecule has 114 valence electrons. The van der Waals surface area contributed by atoms with E-state index in [1.165, 1.54) is 0 Å². The van der Waals surface area contributed by atoms with Crippen molar-refractivity contribution in [2.24, 2.45) is 0 Å². The first kappa shape index (κ1) is 15.4. The Morgan fingerprint density at radius 3 is 2.29 bits per heavy atom. The molecule has 1 N–H and O–H groups in total. The average molecular weight is 288 g/mol. The molecule has 1 aromatic carbocycles. The van der Waals surface area contributed by atoms with Gasteiger partial charge >= 0.3 is 0 Å². The number of aromatic nitrogens is 1. The third-order valence-corrected chi connectivity index (χ3v) is 4.25. The van der Waals surface area contributed by atoms with Crippen LogP contribution in [0.4, 0.5) is 5.82 Å². The van der Waals surface area contributed by atoms with Crippen LogP contribution in [0, 0.1) is 0 Å². The topological polar surface area (TPSA) is 43.4 Å². The van der Waals surface area contributed by atoms with Crippen LogP contribution in [-0.4, -0.2) is 24.7 Å². The number of rotatable bonds is 6. The summed E-state index contributed by atoms with van der Waals surface area (Å²) < 4.78 is 10.8. The van der Waals surface area contributed by atoms with Gasteiger partial charge in [0.05, 0.1) is 14.2 Å². The summed E-state index contributed by atoms with van der Waals surface area (Å²) in [6, 6.07) is 5.95. The highest BCUT2D eigenvalue weighted by atomic mass is 16.5. The Labute approximate surface area is 126 Å². The van der Waals surface area contributed by atoms with E-state index in [1.807, 2.05) is 24.4 Å². The van der Waals surface area contributed by atoms with Gasteiger partial charge in [0.15, 0.2) is 11.5 Å². The fraction of sp³-hybridized carbons (Fsp3) is 0.471. The van der Waals surface area contributed by atoms with Gasteiger partial charge < -0.3 is 14.8 Å². The Hall–Kier alpha value is -1.97. The lowest BCUT2D eigenvalue weighted by Gasteiger charge is -2.29. The summed E-state index contributed by atoms with van der Waals surface area (Å²) >= 11 is 0. The number of nitrogens with zero attached hydrogens (tertiary/aromatic N) is 1. The maximum atomic E-state index is 5.40. The molecule has 4 heteroatoms. The van der Waals surface area contributed by atoms with Gasteiger partial charge in [-0.15, -0.1) is 0 Å². The number of anilines is 1. The predicted octanol–water partition coefficient (Wildman–Crippen LogP) is 4.24. The Morgan fingerprint density at radius 1 is 1.10 bits per heavy atom. The van der Waals surface area contributed by atoms with Crippen LogP contribution in [-0.2, 0) is 0 Å². The van der Waals surface area contributed by atoms with Crippen molar-refractivity contribution in [3.05, 3.63) is 24.4 Å². The van der Waals surface area contributed by atoms with Gasteiger partial charge in [0.1, 0.15) is 5.82 Å². The van der Waals surface area contributed by atoms with Crippen LogP contribution in [0.5, 0.6) is 11.5 Å². The Kier molecular flexibility index (Phi) is 4.56. The second-order valence-electron chi connectivity index (χ2n) is 5.48. The number of ether oxygens (including phenoxy) is 2. The molecule has 21 heavy (non-hydrogen) atoms. The van der Waals surface area contributed by atoms with E-state index < -0.39 is 0 Å². The number of fused-ring (bicyclic) bond motifs is 1. The highest BCUT2D eigenvalue weighted by Gasteiger charge is 2.21. The number of nitrogens with one attached hydrogen (secondary N) is 1. The van der Waals surface area contributed by atoms with Gasteiger partial charge in [-0.2, -0.15) is 0 Å². The zero-order valence-corrected chi connectivity index (χ0v) is 13.5. The van der Waals surface area contributed by atoms with Crippen LogP contribution in [0.2, 0.25) is 0 Å². The summed E-state index contributed by atoms with van der Waals surface area (Å²) in [5, 5.41) is 5.71. The SMILES string of the molecule is CCC(C)(CC)Nc1nccc2cc(OC)c(OC)cc12. The van der Waals surface area contributed by atoms with Crippen molar-refractivity contribution in [1.82, 2.24) is 4.98 Å². The van der Waals surface area contributed by atoms with Gasteiger partial charge in [0.25, 0.3) is 0 Å². The predicted molar refractivity (Wildman–Crippen MR) is 87.5 cm³/mol. The lowest BCUT2D eigenvalue weighted by atomic mass is 9.95. The first-order chi connectivity index (χ1) is 10.1. The van der Waals surface area contributed by atoms with Crippen molar-refractivity contribution in [1.29, 1.82) is 0 Å². The quantitative estimate of drug-likeness (QED) is 0.863. The minimum absolute atomic E-state index is 0.0362. The Morgan fingerprint density at radius 2 is 1.71 bits per heavy atom. The highest BCUT2D eigenvalue weighted by Crippen LogP contribution is 2.35. The molecule has 1 aromatic heterocycles. The summed E-state index contributed by atoms with van der Waals surface area (Å²) in [6.45, 7) is 6.59. The van der Waals surface area contributed by atoms with Crippen LogP contribution in [0.15, 0.2) is 24.4 Å². The molecule has 0 spiro atoms. The fourth-order valence-corrected chi connectivity index (χ4v) is 2.31. The standard InChI is InChI=1S/C17H24N2O2/c1-6-17(3,7-2)19-16-13-11-15(21-5)14(20-4)10-12(13)8-9-18-16/h8-11H,6-7H2,1-5H3,(H,18,19). The zero-order chi connectivity index (χ0) is 15.5. The van der Waals surface area contributed by atoms with Crippen molar-refractivity contribution < 1.29 is 9.47 Å². The molecule has 0 aliphatic heterocycles. The molecule has 2 aromatic rings. The van der Waals surface area contributed by atoms with Crippen LogP contribution in [0.3, 0.4) is 0 Å². The summed E-state index contributed by atoms with van der Waals surface area (Å²) in [6.07, 6.45) is 3.89. The number of methoxy groups -OCH3 is 2. The molecule has 0 bridgehead atoms. The van der Waals surface area contributed by atoms with Crippen LogP contribution in [0.25, 0.3) is 10.8 Å². The average Bonchev–Trinajstić information content (AvgIpc) is 2.53. The van der Waals surface area contributed by atoms with Gasteiger partial charge in [-0.25, -0.2) is 4.98 Å². The van der Waals surface area contributed by atoms with E-state index in [-0.39, 0.29) is 5.54 Å². The molecular formula is C17H24N2O2. The third-order valence-electron chi connectivity index (χ3n) is 4.25. The van der Waals surface area contributed by atoms with E-state index in [0.717, 1.165) is 40.9 Å². The van der Waals surface area contributed by atoms with E-state index in [2.05, 4.69) is 31.1 Å². The van der Waals surface area contributed by atoms with Crippen LogP contribution in [0.1, 0.15) is 33.6 Å². The van der Waals surface area contributed by atoms with Crippen molar-refractivity contribution >= 4 is 16.6 Å². The van der Waals surface area contributed by atoms with Gasteiger partial charge in [-0.05, 0) is 43.4 Å². The number of hydrogen-bond donors (Lipinski definition) is 1. The number of benzene rings is 1. The molecule has 1 heterocycles. The number of hydrogen-bond acceptors (Lipinski definition) is 4. The Balaban J connectivity index is 2.54. The normalized spacial score (nSPS) is 11.5. The largest absolute Gasteiger partial charge is 0.493 e. The molecule has 0 fully saturated rings. The molecule has 2 rings (SSSR count). The first-order valence-corrected chi connectivity index (χ1v) is 7.35. The lowest BCUT2D eigenvalue weighted by Crippen LogP contribution is -2.33. The van der Waals surface area contributed by atoms with Crippen molar-refractivity contribution in [3.8, 4) is 11.5 Å². The minimum Gasteiger partial charge on any atom is -0.493 e. The summed E-state index contributed by atoms with van der Waals surface area (Å²) in [7, 11) is 3.30. The van der Waals surface area contributed by atoms with Crippen molar-refractivity contribution in [2.45, 2.75) is 39.2 Å². The molecule has 0 saturated heterocycles. The molecule has 0 aliphatic carbocycles. The maximum Gasteiger partial charge on any atom is 0.161 e. The second-order valence-corrected chi connectivity index (χ2v) is 5.48. The monoisotopic (exact) mass is 288 g/mol. The summed E-state index contributed by atoms with van der Waals surface area (Å²) in [5.41, 5.74) is 0.0362. The van der Waals surface area contributed by atoms with Crippen LogP contribution >= 0.6 is 0 Å². The van der Waals surface area contributed by atoms with Gasteiger partial charge in [-0.1, -0.05) is 13.8 Å². The minimum atomic E-state index is 0.0362. The molecule has 0 radical (unpaired) electrons. The Bertz CT molecular complexity index is 621. The molecule has 4 nitrogen and oxygen atoms in total. The molecule has 0 amide bonds. The van der Waals surface area contributed by atoms with E-state index in [1.54, 1.807) is 14.2 Å². The van der Waals surface area contributed by atoms with Crippen molar-refractivity contribution in [2.75, 3.05) is 19.5 Å². The summed E-state index contributed by atoms with van der Waals surface area (Å²) in [5.74, 6) is 2.34. The van der Waals surface area contributed by atoms with E-state index in [9.17, 15) is 0 Å². The van der Waals surface area contributed by atoms with Gasteiger partial charge in [0.2, 0.25) is 0 Å². The third kappa shape index (κ3) is 3.04. The lowest BCUT2D eigenvalue weighted by molar-refractivity contribution is 0.356. The molecule has 0 atom stereocenters. The van der Waals surface area contributed by atoms with E-state index in [4.69, 9.17) is 9.47 Å². The smallest absolute Gasteiger partial charge is 0.161 e. The van der Waals surface area contributed by atoms with E-state index in [0.29, 0.717) is 0 Å². The molecule has 0 saturated carbocycles. The van der Waals surface area contributed by atoms with Crippen LogP contribution < -0.4 is 14.8 Å². The zero-order valence-electron chi connectivity index (χ0n) is 13.5.